The van der Waals surface area contributed by atoms with Gasteiger partial charge in [-0.3, -0.25) is 4.79 Å². The van der Waals surface area contributed by atoms with Crippen LogP contribution in [0, 0.1) is 6.92 Å². The molecule has 1 aromatic carbocycles. The van der Waals surface area contributed by atoms with E-state index in [1.54, 1.807) is 6.07 Å². The lowest BCUT2D eigenvalue weighted by Crippen LogP contribution is -2.55. The molecule has 0 spiro atoms. The molecule has 6 heteroatoms. The first kappa shape index (κ1) is 18.7. The van der Waals surface area contributed by atoms with Crippen LogP contribution in [0.1, 0.15) is 42.1 Å². The molecule has 1 N–H and O–H groups in total. The van der Waals surface area contributed by atoms with Gasteiger partial charge in [-0.15, -0.1) is 0 Å². The number of halogens is 1. The van der Waals surface area contributed by atoms with Crippen LogP contribution in [0.25, 0.3) is 0 Å². The molecule has 0 atom stereocenters. The number of esters is 1. The fraction of sp³-hybridized carbons (Fsp3) is 0.556. The molecule has 1 fully saturated rings. The SMILES string of the molecule is CC[N+]1(CC(=O)Nc2c(C)cc(Cl)cc2C(=O)OC)CCCCC1. The summed E-state index contributed by atoms with van der Waals surface area (Å²) in [5, 5.41) is 3.36. The molecule has 0 bridgehead atoms. The Morgan fingerprint density at radius 1 is 1.25 bits per heavy atom. The third-order valence-corrected chi connectivity index (χ3v) is 5.10. The first-order valence-electron chi connectivity index (χ1n) is 8.44. The quantitative estimate of drug-likeness (QED) is 0.652. The van der Waals surface area contributed by atoms with Crippen molar-refractivity contribution in [3.8, 4) is 0 Å². The van der Waals surface area contributed by atoms with Gasteiger partial charge >= 0.3 is 5.97 Å². The first-order chi connectivity index (χ1) is 11.4. The Balaban J connectivity index is 2.20. The molecule has 24 heavy (non-hydrogen) atoms. The van der Waals surface area contributed by atoms with Gasteiger partial charge in [0.05, 0.1) is 38.0 Å². The maximum atomic E-state index is 12.6. The Hall–Kier alpha value is -1.59. The molecule has 5 nitrogen and oxygen atoms in total. The van der Waals surface area contributed by atoms with Crippen LogP contribution >= 0.6 is 11.6 Å². The number of carbonyl (C=O) groups excluding carboxylic acids is 2. The molecule has 1 aliphatic rings. The molecule has 1 aliphatic heterocycles. The molecular formula is C18H26ClN2O3+. The topological polar surface area (TPSA) is 55.4 Å². The van der Waals surface area contributed by atoms with Crippen molar-refractivity contribution >= 4 is 29.2 Å². The predicted octanol–water partition coefficient (Wildman–Crippen LogP) is 3.39. The highest BCUT2D eigenvalue weighted by molar-refractivity contribution is 6.31. The van der Waals surface area contributed by atoms with Crippen LogP contribution in [0.15, 0.2) is 12.1 Å². The number of benzene rings is 1. The van der Waals surface area contributed by atoms with Crippen molar-refractivity contribution < 1.29 is 18.8 Å². The van der Waals surface area contributed by atoms with Crippen molar-refractivity contribution in [3.63, 3.8) is 0 Å². The molecule has 1 aromatic rings. The van der Waals surface area contributed by atoms with E-state index in [4.69, 9.17) is 16.3 Å². The zero-order valence-corrected chi connectivity index (χ0v) is 15.4. The Labute approximate surface area is 148 Å². The molecule has 1 saturated heterocycles. The second-order valence-electron chi connectivity index (χ2n) is 6.51. The second-order valence-corrected chi connectivity index (χ2v) is 6.95. The van der Waals surface area contributed by atoms with Gasteiger partial charge in [-0.2, -0.15) is 0 Å². The van der Waals surface area contributed by atoms with E-state index >= 15 is 0 Å². The number of nitrogens with one attached hydrogen (secondary N) is 1. The molecule has 0 aliphatic carbocycles. The van der Waals surface area contributed by atoms with E-state index in [2.05, 4.69) is 12.2 Å². The summed E-state index contributed by atoms with van der Waals surface area (Å²) in [4.78, 5) is 24.6. The van der Waals surface area contributed by atoms with Crippen molar-refractivity contribution in [2.24, 2.45) is 0 Å². The number of hydrogen-bond acceptors (Lipinski definition) is 3. The van der Waals surface area contributed by atoms with E-state index in [1.165, 1.54) is 19.6 Å². The lowest BCUT2D eigenvalue weighted by atomic mass is 10.1. The number of methoxy groups -OCH3 is 1. The van der Waals surface area contributed by atoms with Gasteiger partial charge in [0.25, 0.3) is 5.91 Å². The van der Waals surface area contributed by atoms with Crippen molar-refractivity contribution in [2.75, 3.05) is 38.6 Å². The molecule has 132 valence electrons. The molecule has 0 radical (unpaired) electrons. The van der Waals surface area contributed by atoms with Gasteiger partial charge in [0.2, 0.25) is 0 Å². The van der Waals surface area contributed by atoms with Crippen LogP contribution in [0.2, 0.25) is 5.02 Å². The number of quaternary nitrogens is 1. The summed E-state index contributed by atoms with van der Waals surface area (Å²) in [6.45, 7) is 7.39. The summed E-state index contributed by atoms with van der Waals surface area (Å²) < 4.78 is 5.62. The maximum absolute atomic E-state index is 12.6. The molecule has 0 saturated carbocycles. The average Bonchev–Trinajstić information content (AvgIpc) is 2.57. The van der Waals surface area contributed by atoms with Gasteiger partial charge in [0.1, 0.15) is 0 Å². The Morgan fingerprint density at radius 2 is 1.92 bits per heavy atom. The summed E-state index contributed by atoms with van der Waals surface area (Å²) in [7, 11) is 1.31. The standard InChI is InChI=1S/C18H25ClN2O3/c1-4-21(8-6-5-7-9-21)12-16(22)20-17-13(2)10-14(19)11-15(17)18(23)24-3/h10-11H,4-9,12H2,1-3H3/p+1. The summed E-state index contributed by atoms with van der Waals surface area (Å²) in [6, 6.07) is 3.26. The second kappa shape index (κ2) is 7.99. The molecule has 2 rings (SSSR count). The van der Waals surface area contributed by atoms with Crippen molar-refractivity contribution in [1.29, 1.82) is 0 Å². The smallest absolute Gasteiger partial charge is 0.340 e. The number of likely N-dealkylation sites (tertiary alicyclic amines) is 1. The monoisotopic (exact) mass is 353 g/mol. The number of anilines is 1. The van der Waals surface area contributed by atoms with Gasteiger partial charge in [0.15, 0.2) is 6.54 Å². The number of amides is 1. The number of likely N-dealkylation sites (N-methyl/N-ethyl adjacent to an activating group) is 1. The van der Waals surface area contributed by atoms with Gasteiger partial charge < -0.3 is 14.5 Å². The number of nitrogens with zero attached hydrogens (tertiary/aromatic N) is 1. The van der Waals surface area contributed by atoms with E-state index in [9.17, 15) is 9.59 Å². The third kappa shape index (κ3) is 4.28. The fourth-order valence-corrected chi connectivity index (χ4v) is 3.71. The Kier molecular flexibility index (Phi) is 6.24. The van der Waals surface area contributed by atoms with Crippen LogP contribution in [-0.2, 0) is 9.53 Å². The summed E-state index contributed by atoms with van der Waals surface area (Å²) in [6.07, 6.45) is 3.56. The van der Waals surface area contributed by atoms with E-state index in [1.807, 2.05) is 6.92 Å². The van der Waals surface area contributed by atoms with E-state index in [0.717, 1.165) is 42.5 Å². The van der Waals surface area contributed by atoms with Gasteiger partial charge in [-0.25, -0.2) is 4.79 Å². The molecule has 1 amide bonds. The zero-order valence-electron chi connectivity index (χ0n) is 14.7. The van der Waals surface area contributed by atoms with E-state index < -0.39 is 5.97 Å². The average molecular weight is 354 g/mol. The molecular weight excluding hydrogens is 328 g/mol. The lowest BCUT2D eigenvalue weighted by Gasteiger charge is -2.40. The minimum atomic E-state index is -0.506. The van der Waals surface area contributed by atoms with Crippen LogP contribution < -0.4 is 5.32 Å². The number of hydrogen-bond donors (Lipinski definition) is 1. The van der Waals surface area contributed by atoms with E-state index in [0.29, 0.717) is 17.3 Å². The Morgan fingerprint density at radius 3 is 2.50 bits per heavy atom. The summed E-state index contributed by atoms with van der Waals surface area (Å²) in [5.41, 5.74) is 1.53. The number of piperidine rings is 1. The first-order valence-corrected chi connectivity index (χ1v) is 8.82. The highest BCUT2D eigenvalue weighted by Crippen LogP contribution is 2.27. The summed E-state index contributed by atoms with van der Waals surface area (Å²) in [5.74, 6) is -0.581. The van der Waals surface area contributed by atoms with Crippen molar-refractivity contribution in [1.82, 2.24) is 0 Å². The number of ether oxygens (including phenoxy) is 1. The van der Waals surface area contributed by atoms with Crippen LogP contribution in [0.4, 0.5) is 5.69 Å². The van der Waals surface area contributed by atoms with Gasteiger partial charge in [-0.05, 0) is 50.8 Å². The van der Waals surface area contributed by atoms with Crippen LogP contribution in [0.3, 0.4) is 0 Å². The molecule has 0 aromatic heterocycles. The highest BCUT2D eigenvalue weighted by Gasteiger charge is 2.31. The number of rotatable bonds is 5. The van der Waals surface area contributed by atoms with Gasteiger partial charge in [-0.1, -0.05) is 11.6 Å². The number of carbonyl (C=O) groups is 2. The minimum absolute atomic E-state index is 0.0747. The van der Waals surface area contributed by atoms with Gasteiger partial charge in [0, 0.05) is 5.02 Å². The summed E-state index contributed by atoms with van der Waals surface area (Å²) >= 11 is 6.04. The molecule has 1 heterocycles. The highest BCUT2D eigenvalue weighted by atomic mass is 35.5. The number of aryl methyl sites for hydroxylation is 1. The van der Waals surface area contributed by atoms with Crippen LogP contribution in [-0.4, -0.2) is 49.6 Å². The van der Waals surface area contributed by atoms with Crippen LogP contribution in [0.5, 0.6) is 0 Å². The van der Waals surface area contributed by atoms with E-state index in [-0.39, 0.29) is 11.5 Å². The zero-order chi connectivity index (χ0) is 17.7. The fourth-order valence-electron chi connectivity index (χ4n) is 3.43. The minimum Gasteiger partial charge on any atom is -0.465 e. The molecule has 0 unspecified atom stereocenters. The largest absolute Gasteiger partial charge is 0.465 e. The predicted molar refractivity (Wildman–Crippen MR) is 95.4 cm³/mol. The Bertz CT molecular complexity index is 625. The van der Waals surface area contributed by atoms with Crippen molar-refractivity contribution in [3.05, 3.63) is 28.3 Å². The van der Waals surface area contributed by atoms with Crippen molar-refractivity contribution in [2.45, 2.75) is 33.1 Å². The lowest BCUT2D eigenvalue weighted by molar-refractivity contribution is -0.923. The third-order valence-electron chi connectivity index (χ3n) is 4.88. The normalized spacial score (nSPS) is 16.5. The maximum Gasteiger partial charge on any atom is 0.340 e.